The van der Waals surface area contributed by atoms with E-state index in [0.29, 0.717) is 5.56 Å². The Morgan fingerprint density at radius 2 is 2.00 bits per heavy atom. The van der Waals surface area contributed by atoms with Gasteiger partial charge in [-0.25, -0.2) is 13.8 Å². The molecule has 0 radical (unpaired) electrons. The molecule has 5 nitrogen and oxygen atoms in total. The van der Waals surface area contributed by atoms with E-state index >= 15 is 0 Å². The first kappa shape index (κ1) is 17.6. The smallest absolute Gasteiger partial charge is 0.268 e. The molecule has 2 heterocycles. The van der Waals surface area contributed by atoms with Crippen LogP contribution in [0.5, 0.6) is 0 Å². The van der Waals surface area contributed by atoms with Crippen LogP contribution in [0.15, 0.2) is 41.6 Å². The monoisotopic (exact) mass is 381 g/mol. The van der Waals surface area contributed by atoms with Crippen molar-refractivity contribution in [1.29, 1.82) is 0 Å². The molecule has 0 atom stereocenters. The van der Waals surface area contributed by atoms with Crippen molar-refractivity contribution >= 4 is 29.5 Å². The van der Waals surface area contributed by atoms with Crippen LogP contribution in [-0.2, 0) is 7.05 Å². The standard InChI is InChI=1S/C16H14ClF2N5S/c1-9-5-3-4-6-11(9)13-12(15(18)19)14(17)22-16(21-13)23-25-10-7-20-24(2)8-10/h3-8,15H,1-2H3,(H,21,22,23). The van der Waals surface area contributed by atoms with E-state index in [0.717, 1.165) is 10.5 Å². The fraction of sp³-hybridized carbons (Fsp3) is 0.188. The van der Waals surface area contributed by atoms with Gasteiger partial charge in [-0.15, -0.1) is 0 Å². The summed E-state index contributed by atoms with van der Waals surface area (Å²) in [5.41, 5.74) is 1.18. The van der Waals surface area contributed by atoms with Gasteiger partial charge in [0.25, 0.3) is 6.43 Å². The minimum Gasteiger partial charge on any atom is -0.294 e. The molecule has 0 aliphatic carbocycles. The third kappa shape index (κ3) is 3.91. The Morgan fingerprint density at radius 1 is 1.24 bits per heavy atom. The van der Waals surface area contributed by atoms with Gasteiger partial charge in [0.05, 0.1) is 22.3 Å². The molecule has 3 rings (SSSR count). The van der Waals surface area contributed by atoms with Crippen LogP contribution in [0.2, 0.25) is 5.15 Å². The number of alkyl halides is 2. The number of halogens is 3. The lowest BCUT2D eigenvalue weighted by Crippen LogP contribution is -2.03. The Labute approximate surface area is 152 Å². The zero-order chi connectivity index (χ0) is 18.0. The molecule has 0 saturated heterocycles. The van der Waals surface area contributed by atoms with Crippen molar-refractivity contribution in [1.82, 2.24) is 19.7 Å². The quantitative estimate of drug-likeness (QED) is 0.503. The summed E-state index contributed by atoms with van der Waals surface area (Å²) in [6.07, 6.45) is 0.687. The number of benzene rings is 1. The van der Waals surface area contributed by atoms with E-state index in [1.54, 1.807) is 36.3 Å². The van der Waals surface area contributed by atoms with Crippen LogP contribution in [0.4, 0.5) is 14.7 Å². The van der Waals surface area contributed by atoms with Crippen LogP contribution in [0.25, 0.3) is 11.3 Å². The molecule has 0 bridgehead atoms. The summed E-state index contributed by atoms with van der Waals surface area (Å²) in [6, 6.07) is 7.17. The summed E-state index contributed by atoms with van der Waals surface area (Å²) in [6.45, 7) is 1.83. The predicted octanol–water partition coefficient (Wildman–Crippen LogP) is 4.90. The molecule has 130 valence electrons. The van der Waals surface area contributed by atoms with Gasteiger partial charge in [-0.05, 0) is 24.4 Å². The van der Waals surface area contributed by atoms with E-state index in [1.807, 2.05) is 19.1 Å². The van der Waals surface area contributed by atoms with Crippen LogP contribution in [0.1, 0.15) is 17.6 Å². The first-order chi connectivity index (χ1) is 12.0. The lowest BCUT2D eigenvalue weighted by Gasteiger charge is -2.13. The molecular weight excluding hydrogens is 368 g/mol. The van der Waals surface area contributed by atoms with Gasteiger partial charge in [0.1, 0.15) is 5.15 Å². The second-order valence-electron chi connectivity index (χ2n) is 5.27. The van der Waals surface area contributed by atoms with Gasteiger partial charge in [-0.3, -0.25) is 9.40 Å². The van der Waals surface area contributed by atoms with Gasteiger partial charge in [0, 0.05) is 18.8 Å². The third-order valence-corrected chi connectivity index (χ3v) is 4.48. The molecule has 0 spiro atoms. The Bertz CT molecular complexity index is 900. The van der Waals surface area contributed by atoms with Crippen molar-refractivity contribution < 1.29 is 8.78 Å². The topological polar surface area (TPSA) is 55.6 Å². The number of anilines is 1. The normalized spacial score (nSPS) is 11.1. The van der Waals surface area contributed by atoms with Crippen molar-refractivity contribution in [2.45, 2.75) is 18.2 Å². The minimum absolute atomic E-state index is 0.127. The summed E-state index contributed by atoms with van der Waals surface area (Å²) in [7, 11) is 1.80. The fourth-order valence-corrected chi connectivity index (χ4v) is 3.14. The number of rotatable bonds is 5. The number of nitrogens with zero attached hydrogens (tertiary/aromatic N) is 4. The molecule has 0 saturated carbocycles. The maximum absolute atomic E-state index is 13.5. The molecule has 0 aliphatic rings. The van der Waals surface area contributed by atoms with Crippen LogP contribution in [0.3, 0.4) is 0 Å². The first-order valence-electron chi connectivity index (χ1n) is 7.29. The molecule has 9 heteroatoms. The maximum Gasteiger partial charge on any atom is 0.268 e. The molecule has 3 aromatic rings. The highest BCUT2D eigenvalue weighted by molar-refractivity contribution is 8.00. The summed E-state index contributed by atoms with van der Waals surface area (Å²) in [4.78, 5) is 9.05. The molecule has 1 aromatic carbocycles. The summed E-state index contributed by atoms with van der Waals surface area (Å²) in [5, 5.41) is 3.78. The van der Waals surface area contributed by atoms with Crippen molar-refractivity contribution in [3.8, 4) is 11.3 Å². The molecule has 0 aliphatic heterocycles. The summed E-state index contributed by atoms with van der Waals surface area (Å²) >= 11 is 7.24. The van der Waals surface area contributed by atoms with Gasteiger partial charge in [-0.1, -0.05) is 35.9 Å². The van der Waals surface area contributed by atoms with Gasteiger partial charge in [0.2, 0.25) is 5.95 Å². The number of aromatic nitrogens is 4. The van der Waals surface area contributed by atoms with Gasteiger partial charge < -0.3 is 0 Å². The second-order valence-corrected chi connectivity index (χ2v) is 6.51. The van der Waals surface area contributed by atoms with Crippen molar-refractivity contribution in [2.75, 3.05) is 4.72 Å². The molecule has 2 aromatic heterocycles. The Hall–Kier alpha value is -2.19. The summed E-state index contributed by atoms with van der Waals surface area (Å²) < 4.78 is 31.6. The highest BCUT2D eigenvalue weighted by Gasteiger charge is 2.23. The first-order valence-corrected chi connectivity index (χ1v) is 8.48. The minimum atomic E-state index is -2.78. The van der Waals surface area contributed by atoms with Crippen molar-refractivity contribution in [3.05, 3.63) is 52.9 Å². The Kier molecular flexibility index (Phi) is 5.19. The van der Waals surface area contributed by atoms with Gasteiger partial charge >= 0.3 is 0 Å². The number of aryl methyl sites for hydroxylation is 2. The Balaban J connectivity index is 2.00. The molecule has 25 heavy (non-hydrogen) atoms. The van der Waals surface area contributed by atoms with Crippen molar-refractivity contribution in [2.24, 2.45) is 7.05 Å². The zero-order valence-corrected chi connectivity index (χ0v) is 14.9. The Morgan fingerprint density at radius 3 is 2.64 bits per heavy atom. The molecule has 0 amide bonds. The lowest BCUT2D eigenvalue weighted by molar-refractivity contribution is 0.151. The zero-order valence-electron chi connectivity index (χ0n) is 13.4. The highest BCUT2D eigenvalue weighted by atomic mass is 35.5. The number of nitrogens with one attached hydrogen (secondary N) is 1. The van der Waals surface area contributed by atoms with E-state index < -0.39 is 6.43 Å². The largest absolute Gasteiger partial charge is 0.294 e. The van der Waals surface area contributed by atoms with E-state index in [9.17, 15) is 8.78 Å². The fourth-order valence-electron chi connectivity index (χ4n) is 2.28. The van der Waals surface area contributed by atoms with Gasteiger partial charge in [-0.2, -0.15) is 10.1 Å². The van der Waals surface area contributed by atoms with Crippen LogP contribution < -0.4 is 4.72 Å². The van der Waals surface area contributed by atoms with E-state index in [-0.39, 0.29) is 22.4 Å². The van der Waals surface area contributed by atoms with Crippen molar-refractivity contribution in [3.63, 3.8) is 0 Å². The average Bonchev–Trinajstić information content (AvgIpc) is 2.98. The summed E-state index contributed by atoms with van der Waals surface area (Å²) in [5.74, 6) is 0.154. The molecular formula is C16H14ClF2N5S. The molecule has 0 unspecified atom stereocenters. The van der Waals surface area contributed by atoms with E-state index in [1.165, 1.54) is 11.9 Å². The number of hydrogen-bond acceptors (Lipinski definition) is 5. The second kappa shape index (κ2) is 7.37. The average molecular weight is 382 g/mol. The van der Waals surface area contributed by atoms with E-state index in [2.05, 4.69) is 19.8 Å². The number of hydrogen-bond donors (Lipinski definition) is 1. The third-order valence-electron chi connectivity index (χ3n) is 3.46. The van der Waals surface area contributed by atoms with Crippen LogP contribution in [-0.4, -0.2) is 19.7 Å². The highest BCUT2D eigenvalue weighted by Crippen LogP contribution is 2.36. The van der Waals surface area contributed by atoms with Crippen LogP contribution >= 0.6 is 23.5 Å². The maximum atomic E-state index is 13.5. The SMILES string of the molecule is Cc1ccccc1-c1nc(NSc2cnn(C)c2)nc(Cl)c1C(F)F. The molecule has 1 N–H and O–H groups in total. The van der Waals surface area contributed by atoms with Crippen LogP contribution in [0, 0.1) is 6.92 Å². The van der Waals surface area contributed by atoms with E-state index in [4.69, 9.17) is 11.6 Å². The molecule has 0 fully saturated rings. The predicted molar refractivity (Wildman–Crippen MR) is 94.9 cm³/mol. The lowest BCUT2D eigenvalue weighted by atomic mass is 10.0. The van der Waals surface area contributed by atoms with Gasteiger partial charge in [0.15, 0.2) is 0 Å².